The normalized spacial score (nSPS) is 39.6. The first-order valence-electron chi connectivity index (χ1n) is 9.39. The van der Waals surface area contributed by atoms with Crippen LogP contribution in [0.25, 0.3) is 0 Å². The fourth-order valence-corrected chi connectivity index (χ4v) is 5.32. The summed E-state index contributed by atoms with van der Waals surface area (Å²) in [5.74, 6) is 0.568. The molecule has 7 nitrogen and oxygen atoms in total. The molecular weight excluding hydrogens is 318 g/mol. The Balaban J connectivity index is 1.44. The van der Waals surface area contributed by atoms with Gasteiger partial charge in [-0.15, -0.1) is 0 Å². The standard InChI is InChI=1S/C18H27N5O2/c1-21(2)18(25)22-12-3-4-13(22)7-11(6-12)16(20)17(24)23-14(9-19)5-10-8-15(10)23/h10-16H,3-8,20H2,1-2H3/t10-,11?,12?,13?,14+,15+,16+/m1/s1. The van der Waals surface area contributed by atoms with E-state index in [1.54, 1.807) is 23.9 Å². The lowest BCUT2D eigenvalue weighted by Crippen LogP contribution is -2.56. The van der Waals surface area contributed by atoms with Crippen LogP contribution in [0.1, 0.15) is 38.5 Å². The minimum absolute atomic E-state index is 0.0478. The molecule has 136 valence electrons. The molecule has 4 fully saturated rings. The fourth-order valence-electron chi connectivity index (χ4n) is 5.32. The van der Waals surface area contributed by atoms with Gasteiger partial charge in [0.2, 0.25) is 5.91 Å². The van der Waals surface area contributed by atoms with Gasteiger partial charge in [0, 0.05) is 32.2 Å². The molecule has 0 aromatic heterocycles. The van der Waals surface area contributed by atoms with Crippen LogP contribution in [0.3, 0.4) is 0 Å². The first-order chi connectivity index (χ1) is 11.9. The number of fused-ring (bicyclic) bond motifs is 3. The molecular formula is C18H27N5O2. The Hall–Kier alpha value is -1.81. The molecule has 3 saturated heterocycles. The van der Waals surface area contributed by atoms with Gasteiger partial charge in [-0.3, -0.25) is 4.79 Å². The second-order valence-electron chi connectivity index (χ2n) is 8.42. The van der Waals surface area contributed by atoms with Gasteiger partial charge in [0.1, 0.15) is 6.04 Å². The third-order valence-corrected chi connectivity index (χ3v) is 6.67. The smallest absolute Gasteiger partial charge is 0.319 e. The molecule has 1 saturated carbocycles. The maximum Gasteiger partial charge on any atom is 0.319 e. The van der Waals surface area contributed by atoms with E-state index in [0.29, 0.717) is 5.92 Å². The Bertz CT molecular complexity index is 615. The molecule has 4 aliphatic rings. The predicted octanol–water partition coefficient (Wildman–Crippen LogP) is 0.751. The average molecular weight is 345 g/mol. The lowest BCUT2D eigenvalue weighted by atomic mass is 9.84. The van der Waals surface area contributed by atoms with Crippen molar-refractivity contribution >= 4 is 11.9 Å². The molecule has 4 rings (SSSR count). The summed E-state index contributed by atoms with van der Waals surface area (Å²) in [6, 6.07) is 2.12. The number of likely N-dealkylation sites (tertiary alicyclic amines) is 1. The van der Waals surface area contributed by atoms with Gasteiger partial charge < -0.3 is 20.4 Å². The largest absolute Gasteiger partial charge is 0.331 e. The maximum absolute atomic E-state index is 13.0. The molecule has 2 unspecified atom stereocenters. The van der Waals surface area contributed by atoms with E-state index in [1.165, 1.54) is 0 Å². The summed E-state index contributed by atoms with van der Waals surface area (Å²) in [7, 11) is 3.56. The molecule has 1 aliphatic carbocycles. The lowest BCUT2D eigenvalue weighted by molar-refractivity contribution is -0.135. The van der Waals surface area contributed by atoms with Gasteiger partial charge in [-0.05, 0) is 50.4 Å². The van der Waals surface area contributed by atoms with Gasteiger partial charge in [0.05, 0.1) is 12.1 Å². The van der Waals surface area contributed by atoms with Crippen molar-refractivity contribution in [1.29, 1.82) is 5.26 Å². The zero-order chi connectivity index (χ0) is 17.9. The Morgan fingerprint density at radius 3 is 2.32 bits per heavy atom. The zero-order valence-electron chi connectivity index (χ0n) is 15.0. The Labute approximate surface area is 148 Å². The number of carbonyl (C=O) groups excluding carboxylic acids is 2. The predicted molar refractivity (Wildman–Crippen MR) is 91.2 cm³/mol. The highest BCUT2D eigenvalue weighted by atomic mass is 16.2. The van der Waals surface area contributed by atoms with Crippen LogP contribution >= 0.6 is 0 Å². The van der Waals surface area contributed by atoms with E-state index in [0.717, 1.165) is 38.5 Å². The number of hydrogen-bond acceptors (Lipinski definition) is 4. The monoisotopic (exact) mass is 345 g/mol. The Morgan fingerprint density at radius 1 is 1.12 bits per heavy atom. The quantitative estimate of drug-likeness (QED) is 0.799. The number of carbonyl (C=O) groups is 2. The van der Waals surface area contributed by atoms with Gasteiger partial charge in [0.15, 0.2) is 0 Å². The van der Waals surface area contributed by atoms with Gasteiger partial charge in [-0.25, -0.2) is 4.79 Å². The molecule has 0 aromatic rings. The van der Waals surface area contributed by atoms with Crippen LogP contribution in [0.15, 0.2) is 0 Å². The van der Waals surface area contributed by atoms with Gasteiger partial charge in [-0.1, -0.05) is 0 Å². The minimum atomic E-state index is -0.546. The van der Waals surface area contributed by atoms with Crippen molar-refractivity contribution in [2.45, 2.75) is 68.7 Å². The molecule has 25 heavy (non-hydrogen) atoms. The third-order valence-electron chi connectivity index (χ3n) is 6.67. The summed E-state index contributed by atoms with van der Waals surface area (Å²) in [5, 5.41) is 9.32. The topological polar surface area (TPSA) is 93.7 Å². The van der Waals surface area contributed by atoms with E-state index in [9.17, 15) is 14.9 Å². The molecule has 2 bridgehead atoms. The molecule has 2 N–H and O–H groups in total. The first kappa shape index (κ1) is 16.6. The van der Waals surface area contributed by atoms with Gasteiger partial charge in [0.25, 0.3) is 0 Å². The number of urea groups is 1. The summed E-state index contributed by atoms with van der Waals surface area (Å²) in [5.41, 5.74) is 6.39. The van der Waals surface area contributed by atoms with E-state index >= 15 is 0 Å². The molecule has 7 heteroatoms. The van der Waals surface area contributed by atoms with Crippen molar-refractivity contribution in [2.75, 3.05) is 14.1 Å². The van der Waals surface area contributed by atoms with E-state index in [4.69, 9.17) is 5.73 Å². The molecule has 3 amide bonds. The summed E-state index contributed by atoms with van der Waals surface area (Å²) >= 11 is 0. The van der Waals surface area contributed by atoms with Crippen molar-refractivity contribution in [3.63, 3.8) is 0 Å². The van der Waals surface area contributed by atoms with E-state index in [-0.39, 0.29) is 42.0 Å². The number of nitrogens with two attached hydrogens (primary N) is 1. The van der Waals surface area contributed by atoms with Crippen LogP contribution in [0, 0.1) is 23.2 Å². The summed E-state index contributed by atoms with van der Waals surface area (Å²) in [4.78, 5) is 30.8. The van der Waals surface area contributed by atoms with Crippen LogP contribution in [-0.4, -0.2) is 70.9 Å². The van der Waals surface area contributed by atoms with Crippen molar-refractivity contribution in [2.24, 2.45) is 17.6 Å². The second kappa shape index (κ2) is 5.87. The van der Waals surface area contributed by atoms with Crippen LogP contribution in [0.4, 0.5) is 4.79 Å². The lowest BCUT2D eigenvalue weighted by Gasteiger charge is -2.42. The molecule has 0 radical (unpaired) electrons. The summed E-state index contributed by atoms with van der Waals surface area (Å²) < 4.78 is 0. The minimum Gasteiger partial charge on any atom is -0.331 e. The highest BCUT2D eigenvalue weighted by Crippen LogP contribution is 2.48. The fraction of sp³-hybridized carbons (Fsp3) is 0.833. The molecule has 3 aliphatic heterocycles. The summed E-state index contributed by atoms with van der Waals surface area (Å²) in [6.45, 7) is 0. The average Bonchev–Trinajstić information content (AvgIpc) is 3.19. The maximum atomic E-state index is 13.0. The van der Waals surface area contributed by atoms with Crippen molar-refractivity contribution < 1.29 is 9.59 Å². The third kappa shape index (κ3) is 2.58. The first-order valence-corrected chi connectivity index (χ1v) is 9.39. The van der Waals surface area contributed by atoms with Crippen LogP contribution in [-0.2, 0) is 4.79 Å². The van der Waals surface area contributed by atoms with Gasteiger partial charge >= 0.3 is 6.03 Å². The van der Waals surface area contributed by atoms with E-state index in [2.05, 4.69) is 6.07 Å². The highest BCUT2D eigenvalue weighted by molar-refractivity contribution is 5.84. The molecule has 0 aromatic carbocycles. The highest BCUT2D eigenvalue weighted by Gasteiger charge is 2.56. The van der Waals surface area contributed by atoms with E-state index in [1.807, 2.05) is 4.90 Å². The van der Waals surface area contributed by atoms with Gasteiger partial charge in [-0.2, -0.15) is 5.26 Å². The molecule has 3 heterocycles. The second-order valence-corrected chi connectivity index (χ2v) is 8.42. The van der Waals surface area contributed by atoms with Crippen molar-refractivity contribution in [1.82, 2.24) is 14.7 Å². The Morgan fingerprint density at radius 2 is 1.76 bits per heavy atom. The van der Waals surface area contributed by atoms with Crippen LogP contribution in [0.2, 0.25) is 0 Å². The Kier molecular flexibility index (Phi) is 3.91. The van der Waals surface area contributed by atoms with Crippen LogP contribution in [0.5, 0.6) is 0 Å². The SMILES string of the molecule is CN(C)C(=O)N1C2CCC1CC([C@H](N)C(=O)N1[C@H](C#N)C[C@@H]3C[C@@H]31)C2. The number of nitrogens with zero attached hydrogens (tertiary/aromatic N) is 4. The van der Waals surface area contributed by atoms with Crippen LogP contribution < -0.4 is 5.73 Å². The number of nitriles is 1. The number of hydrogen-bond donors (Lipinski definition) is 1. The van der Waals surface area contributed by atoms with Crippen molar-refractivity contribution in [3.05, 3.63) is 0 Å². The number of rotatable bonds is 2. The molecule has 0 spiro atoms. The van der Waals surface area contributed by atoms with Crippen molar-refractivity contribution in [3.8, 4) is 6.07 Å². The van der Waals surface area contributed by atoms with E-state index < -0.39 is 6.04 Å². The number of piperidine rings is 2. The summed E-state index contributed by atoms with van der Waals surface area (Å²) in [6.07, 6.45) is 5.41. The zero-order valence-corrected chi connectivity index (χ0v) is 15.0. The number of amides is 3. The molecule has 6 atom stereocenters.